The van der Waals surface area contributed by atoms with Gasteiger partial charge in [0.25, 0.3) is 0 Å². The Hall–Kier alpha value is -4.22. The fraction of sp³-hybridized carbons (Fsp3) is 0.0769. The summed E-state index contributed by atoms with van der Waals surface area (Å²) in [5.74, 6) is 1.65. The number of ether oxygens (including phenoxy) is 2. The Morgan fingerprint density at radius 1 is 0.912 bits per heavy atom. The fourth-order valence-electron chi connectivity index (χ4n) is 3.39. The topological polar surface area (TPSA) is 108 Å². The third-order valence-corrected chi connectivity index (χ3v) is 5.78. The smallest absolute Gasteiger partial charge is 0.238 e. The van der Waals surface area contributed by atoms with Crippen molar-refractivity contribution in [3.63, 3.8) is 0 Å². The molecule has 0 saturated heterocycles. The summed E-state index contributed by atoms with van der Waals surface area (Å²) in [6.45, 7) is 0. The molecule has 34 heavy (non-hydrogen) atoms. The molecule has 1 heterocycles. The summed E-state index contributed by atoms with van der Waals surface area (Å²) in [4.78, 5) is 4.35. The summed E-state index contributed by atoms with van der Waals surface area (Å²) in [6.07, 6.45) is 1.37. The number of phenolic OH excluding ortho intramolecular Hbond substituents is 2. The van der Waals surface area contributed by atoms with Gasteiger partial charge in [0, 0.05) is 29.0 Å². The van der Waals surface area contributed by atoms with Crippen LogP contribution in [0.4, 0.5) is 5.88 Å². The quantitative estimate of drug-likeness (QED) is 0.285. The zero-order valence-corrected chi connectivity index (χ0v) is 19.8. The van der Waals surface area contributed by atoms with Crippen molar-refractivity contribution >= 4 is 28.0 Å². The molecule has 0 atom stereocenters. The molecule has 3 aromatic carbocycles. The lowest BCUT2D eigenvalue weighted by Crippen LogP contribution is -1.87. The average Bonchev–Trinajstić information content (AvgIpc) is 3.24. The van der Waals surface area contributed by atoms with Gasteiger partial charge in [0.2, 0.25) is 5.88 Å². The summed E-state index contributed by atoms with van der Waals surface area (Å²) < 4.78 is 17.0. The van der Waals surface area contributed by atoms with E-state index >= 15 is 0 Å². The van der Waals surface area contributed by atoms with E-state index in [9.17, 15) is 15.5 Å². The lowest BCUT2D eigenvalue weighted by atomic mass is 9.98. The van der Waals surface area contributed by atoms with Gasteiger partial charge in [-0.05, 0) is 64.0 Å². The number of benzene rings is 3. The van der Waals surface area contributed by atoms with Crippen LogP contribution in [0.2, 0.25) is 0 Å². The zero-order valence-electron chi connectivity index (χ0n) is 18.2. The van der Waals surface area contributed by atoms with E-state index in [2.05, 4.69) is 27.0 Å². The monoisotopic (exact) mass is 518 g/mol. The van der Waals surface area contributed by atoms with Crippen LogP contribution in [0, 0.1) is 11.3 Å². The Labute approximate surface area is 204 Å². The molecular weight excluding hydrogens is 500 g/mol. The van der Waals surface area contributed by atoms with E-state index in [-0.39, 0.29) is 22.9 Å². The first-order valence-electron chi connectivity index (χ1n) is 10.1. The molecule has 170 valence electrons. The van der Waals surface area contributed by atoms with Crippen LogP contribution in [0.15, 0.2) is 74.5 Å². The van der Waals surface area contributed by atoms with Crippen molar-refractivity contribution in [2.24, 2.45) is 4.99 Å². The molecule has 4 aromatic rings. The van der Waals surface area contributed by atoms with Gasteiger partial charge in [0.05, 0.1) is 18.7 Å². The Balaban J connectivity index is 1.88. The molecule has 0 unspecified atom stereocenters. The number of nitrogens with zero attached hydrogens (tertiary/aromatic N) is 2. The van der Waals surface area contributed by atoms with Crippen LogP contribution in [0.5, 0.6) is 23.0 Å². The highest BCUT2D eigenvalue weighted by Crippen LogP contribution is 2.43. The number of phenols is 2. The number of aromatic hydroxyl groups is 2. The Bertz CT molecular complexity index is 1400. The van der Waals surface area contributed by atoms with Crippen molar-refractivity contribution in [3.8, 4) is 51.5 Å². The molecule has 0 aliphatic heterocycles. The molecule has 0 aliphatic carbocycles. The summed E-state index contributed by atoms with van der Waals surface area (Å²) in [5, 5.41) is 29.9. The van der Waals surface area contributed by atoms with Gasteiger partial charge < -0.3 is 24.1 Å². The summed E-state index contributed by atoms with van der Waals surface area (Å²) in [5.41, 5.74) is 2.65. The maximum atomic E-state index is 10.1. The van der Waals surface area contributed by atoms with E-state index in [1.165, 1.54) is 18.3 Å². The van der Waals surface area contributed by atoms with Gasteiger partial charge in [0.15, 0.2) is 0 Å². The second kappa shape index (κ2) is 9.73. The SMILES string of the molecule is COc1ccc(-c2oc(N=Cc3cc(Br)c(O)cc3O)c(C#N)c2-c2ccc(OC)cc2)cc1. The zero-order chi connectivity index (χ0) is 24.2. The predicted molar refractivity (Wildman–Crippen MR) is 132 cm³/mol. The Morgan fingerprint density at radius 2 is 1.50 bits per heavy atom. The number of methoxy groups -OCH3 is 2. The lowest BCUT2D eigenvalue weighted by Gasteiger charge is -2.06. The molecule has 1 aromatic heterocycles. The van der Waals surface area contributed by atoms with Crippen LogP contribution in [0.3, 0.4) is 0 Å². The Morgan fingerprint density at radius 3 is 2.06 bits per heavy atom. The van der Waals surface area contributed by atoms with Gasteiger partial charge in [-0.2, -0.15) is 5.26 Å². The van der Waals surface area contributed by atoms with Crippen molar-refractivity contribution in [1.82, 2.24) is 0 Å². The number of halogens is 1. The van der Waals surface area contributed by atoms with Gasteiger partial charge >= 0.3 is 0 Å². The molecule has 0 saturated carbocycles. The number of hydrogen-bond acceptors (Lipinski definition) is 7. The predicted octanol–water partition coefficient (Wildman–Crippen LogP) is 6.43. The lowest BCUT2D eigenvalue weighted by molar-refractivity contribution is 0.414. The van der Waals surface area contributed by atoms with Gasteiger partial charge in [-0.1, -0.05) is 12.1 Å². The van der Waals surface area contributed by atoms with Gasteiger partial charge in [-0.15, -0.1) is 0 Å². The van der Waals surface area contributed by atoms with Crippen LogP contribution >= 0.6 is 15.9 Å². The molecule has 4 rings (SSSR count). The summed E-state index contributed by atoms with van der Waals surface area (Å²) in [7, 11) is 3.17. The van der Waals surface area contributed by atoms with Crippen LogP contribution in [-0.4, -0.2) is 30.6 Å². The van der Waals surface area contributed by atoms with Crippen molar-refractivity contribution in [1.29, 1.82) is 5.26 Å². The molecule has 7 nitrogen and oxygen atoms in total. The third kappa shape index (κ3) is 4.47. The van der Waals surface area contributed by atoms with Crippen LogP contribution < -0.4 is 9.47 Å². The second-order valence-corrected chi connectivity index (χ2v) is 8.03. The van der Waals surface area contributed by atoms with E-state index in [1.807, 2.05) is 24.3 Å². The normalized spacial score (nSPS) is 10.9. The minimum atomic E-state index is -0.166. The highest BCUT2D eigenvalue weighted by Gasteiger charge is 2.23. The molecule has 0 fully saturated rings. The van der Waals surface area contributed by atoms with E-state index in [0.29, 0.717) is 32.9 Å². The third-order valence-electron chi connectivity index (χ3n) is 5.15. The molecule has 0 aliphatic rings. The minimum Gasteiger partial charge on any atom is -0.507 e. The molecule has 2 N–H and O–H groups in total. The maximum Gasteiger partial charge on any atom is 0.238 e. The average molecular weight is 519 g/mol. The van der Waals surface area contributed by atoms with Crippen LogP contribution in [-0.2, 0) is 0 Å². The van der Waals surface area contributed by atoms with Gasteiger partial charge in [-0.3, -0.25) is 0 Å². The first kappa shape index (κ1) is 23.0. The van der Waals surface area contributed by atoms with Crippen LogP contribution in [0.1, 0.15) is 11.1 Å². The molecular formula is C26H19BrN2O5. The number of aliphatic imine (C=N–C) groups is 1. The molecule has 0 amide bonds. The van der Waals surface area contributed by atoms with E-state index in [4.69, 9.17) is 13.9 Å². The highest BCUT2D eigenvalue weighted by atomic mass is 79.9. The molecule has 0 radical (unpaired) electrons. The molecule has 8 heteroatoms. The van der Waals surface area contributed by atoms with E-state index < -0.39 is 0 Å². The number of furan rings is 1. The maximum absolute atomic E-state index is 10.1. The van der Waals surface area contributed by atoms with Crippen molar-refractivity contribution in [2.45, 2.75) is 0 Å². The standard InChI is InChI=1S/C26H19BrN2O5/c1-32-18-7-3-15(4-8-18)24-20(13-28)26(29-14-17-11-21(27)23(31)12-22(17)30)34-25(24)16-5-9-19(33-2)10-6-16/h3-12,14,30-31H,1-2H3. The summed E-state index contributed by atoms with van der Waals surface area (Å²) >= 11 is 3.22. The number of hydrogen-bond donors (Lipinski definition) is 2. The highest BCUT2D eigenvalue weighted by molar-refractivity contribution is 9.10. The van der Waals surface area contributed by atoms with Crippen molar-refractivity contribution in [3.05, 3.63) is 76.3 Å². The van der Waals surface area contributed by atoms with Crippen LogP contribution in [0.25, 0.3) is 22.5 Å². The Kier molecular flexibility index (Phi) is 6.57. The second-order valence-electron chi connectivity index (χ2n) is 7.18. The van der Waals surface area contributed by atoms with Gasteiger partial charge in [-0.25, -0.2) is 4.99 Å². The summed E-state index contributed by atoms with van der Waals surface area (Å²) in [6, 6.07) is 19.5. The largest absolute Gasteiger partial charge is 0.507 e. The number of nitriles is 1. The van der Waals surface area contributed by atoms with E-state index in [0.717, 1.165) is 11.1 Å². The molecule has 0 bridgehead atoms. The van der Waals surface area contributed by atoms with Gasteiger partial charge in [0.1, 0.15) is 40.4 Å². The van der Waals surface area contributed by atoms with Crippen molar-refractivity contribution < 1.29 is 24.1 Å². The minimum absolute atomic E-state index is 0.0859. The van der Waals surface area contributed by atoms with Crippen molar-refractivity contribution in [2.75, 3.05) is 14.2 Å². The van der Waals surface area contributed by atoms with E-state index in [1.54, 1.807) is 38.5 Å². The molecule has 0 spiro atoms. The first-order valence-corrected chi connectivity index (χ1v) is 10.9. The first-order chi connectivity index (χ1) is 16.4. The number of rotatable bonds is 6. The fourth-order valence-corrected chi connectivity index (χ4v) is 3.75.